The van der Waals surface area contributed by atoms with Crippen molar-refractivity contribution in [3.63, 3.8) is 0 Å². The van der Waals surface area contributed by atoms with Gasteiger partial charge in [-0.1, -0.05) is 36.4 Å². The van der Waals surface area contributed by atoms with E-state index >= 15 is 0 Å². The summed E-state index contributed by atoms with van der Waals surface area (Å²) >= 11 is 1.46. The highest BCUT2D eigenvalue weighted by Gasteiger charge is 2.35. The Bertz CT molecular complexity index is 1240. The number of thiophene rings is 1. The van der Waals surface area contributed by atoms with E-state index < -0.39 is 17.6 Å². The first-order valence-electron chi connectivity index (χ1n) is 9.89. The minimum absolute atomic E-state index is 0.182. The number of hydrogen-bond donors (Lipinski definition) is 2. The quantitative estimate of drug-likeness (QED) is 0.388. The van der Waals surface area contributed by atoms with Crippen LogP contribution < -0.4 is 10.6 Å². The fourth-order valence-corrected chi connectivity index (χ4v) is 3.95. The number of nitrogens with zero attached hydrogens (tertiary/aromatic N) is 2. The molecule has 0 aliphatic carbocycles. The van der Waals surface area contributed by atoms with E-state index in [1.165, 1.54) is 11.3 Å². The number of amides is 1. The van der Waals surface area contributed by atoms with Crippen molar-refractivity contribution in [2.24, 2.45) is 0 Å². The Hall–Kier alpha value is -3.46. The predicted octanol–water partition coefficient (Wildman–Crippen LogP) is 5.74. The molecule has 0 aliphatic heterocycles. The molecule has 0 fully saturated rings. The molecule has 0 saturated carbocycles. The molecule has 9 heteroatoms. The lowest BCUT2D eigenvalue weighted by Crippen LogP contribution is -2.25. The average molecular weight is 456 g/mol. The van der Waals surface area contributed by atoms with Crippen molar-refractivity contribution in [3.05, 3.63) is 76.2 Å². The van der Waals surface area contributed by atoms with E-state index in [4.69, 9.17) is 0 Å². The summed E-state index contributed by atoms with van der Waals surface area (Å²) < 4.78 is 42.1. The van der Waals surface area contributed by atoms with Gasteiger partial charge in [-0.15, -0.1) is 11.3 Å². The van der Waals surface area contributed by atoms with Gasteiger partial charge >= 0.3 is 6.18 Å². The molecule has 0 spiro atoms. The molecule has 2 N–H and O–H groups in total. The average Bonchev–Trinajstić information content (AvgIpc) is 3.30. The first-order chi connectivity index (χ1) is 15.4. The summed E-state index contributed by atoms with van der Waals surface area (Å²) in [6.45, 7) is 2.46. The Labute approximate surface area is 186 Å². The first-order valence-corrected chi connectivity index (χ1v) is 10.8. The minimum atomic E-state index is -4.66. The number of benzene rings is 2. The van der Waals surface area contributed by atoms with Crippen LogP contribution in [0.4, 0.5) is 19.0 Å². The summed E-state index contributed by atoms with van der Waals surface area (Å²) in [6.07, 6.45) is -4.66. The highest BCUT2D eigenvalue weighted by Crippen LogP contribution is 2.39. The monoisotopic (exact) mass is 456 g/mol. The lowest BCUT2D eigenvalue weighted by molar-refractivity contribution is -0.136. The van der Waals surface area contributed by atoms with Crippen LogP contribution in [0.1, 0.15) is 28.0 Å². The second-order valence-electron chi connectivity index (χ2n) is 6.97. The Balaban J connectivity index is 1.85. The number of alkyl halides is 3. The molecule has 0 bridgehead atoms. The summed E-state index contributed by atoms with van der Waals surface area (Å²) in [4.78, 5) is 21.9. The smallest absolute Gasteiger partial charge is 0.370 e. The summed E-state index contributed by atoms with van der Waals surface area (Å²) in [5.74, 6) is -0.773. The van der Waals surface area contributed by atoms with Gasteiger partial charge in [0.05, 0.1) is 17.6 Å². The van der Waals surface area contributed by atoms with Crippen LogP contribution in [0.5, 0.6) is 0 Å². The number of halogens is 3. The molecule has 0 saturated heterocycles. The summed E-state index contributed by atoms with van der Waals surface area (Å²) in [7, 11) is 0. The summed E-state index contributed by atoms with van der Waals surface area (Å²) in [5, 5.41) is 7.72. The topological polar surface area (TPSA) is 66.9 Å². The highest BCUT2D eigenvalue weighted by atomic mass is 32.1. The SMILES string of the molecule is CCNc1nc(C(=O)NCc2cccs2)nc2c(C(F)(F)F)cc(-c3ccccc3)cc12. The highest BCUT2D eigenvalue weighted by molar-refractivity contribution is 7.09. The number of nitrogens with one attached hydrogen (secondary N) is 2. The summed E-state index contributed by atoms with van der Waals surface area (Å²) in [5.41, 5.74) is -0.199. The third kappa shape index (κ3) is 4.57. The van der Waals surface area contributed by atoms with E-state index in [9.17, 15) is 18.0 Å². The van der Waals surface area contributed by atoms with Crippen LogP contribution in [0.25, 0.3) is 22.0 Å². The van der Waals surface area contributed by atoms with Crippen LogP contribution in [0, 0.1) is 0 Å². The molecule has 2 aromatic carbocycles. The Morgan fingerprint density at radius 3 is 2.47 bits per heavy atom. The second kappa shape index (κ2) is 8.96. The van der Waals surface area contributed by atoms with Crippen molar-refractivity contribution >= 4 is 34.0 Å². The van der Waals surface area contributed by atoms with E-state index in [1.54, 1.807) is 43.3 Å². The lowest BCUT2D eigenvalue weighted by Gasteiger charge is -2.16. The number of aromatic nitrogens is 2. The van der Waals surface area contributed by atoms with Crippen molar-refractivity contribution in [3.8, 4) is 11.1 Å². The fraction of sp³-hybridized carbons (Fsp3) is 0.174. The van der Waals surface area contributed by atoms with Crippen molar-refractivity contribution < 1.29 is 18.0 Å². The number of rotatable bonds is 6. The first kappa shape index (κ1) is 21.8. The van der Waals surface area contributed by atoms with Gasteiger partial charge in [-0.25, -0.2) is 9.97 Å². The van der Waals surface area contributed by atoms with Gasteiger partial charge in [0, 0.05) is 16.8 Å². The molecule has 0 unspecified atom stereocenters. The van der Waals surface area contributed by atoms with Crippen molar-refractivity contribution in [2.75, 3.05) is 11.9 Å². The van der Waals surface area contributed by atoms with Crippen LogP contribution in [-0.2, 0) is 12.7 Å². The molecule has 1 amide bonds. The minimum Gasteiger partial charge on any atom is -0.370 e. The molecule has 0 aliphatic rings. The van der Waals surface area contributed by atoms with Crippen molar-refractivity contribution in [1.29, 1.82) is 0 Å². The van der Waals surface area contributed by atoms with Gasteiger partial charge in [0.25, 0.3) is 5.91 Å². The molecule has 0 atom stereocenters. The lowest BCUT2D eigenvalue weighted by atomic mass is 9.99. The van der Waals surface area contributed by atoms with Gasteiger partial charge in [0.1, 0.15) is 5.82 Å². The Morgan fingerprint density at radius 1 is 1.03 bits per heavy atom. The molecule has 32 heavy (non-hydrogen) atoms. The standard InChI is InChI=1S/C23H19F3N4OS/c1-2-27-20-17-11-15(14-7-4-3-5-8-14)12-18(23(24,25)26)19(17)29-21(30-20)22(31)28-13-16-9-6-10-32-16/h3-12H,2,13H2,1H3,(H,28,31)(H,27,29,30). The fourth-order valence-electron chi connectivity index (χ4n) is 3.31. The molecule has 2 aromatic heterocycles. The van der Waals surface area contributed by atoms with Crippen molar-refractivity contribution in [1.82, 2.24) is 15.3 Å². The van der Waals surface area contributed by atoms with Crippen LogP contribution in [0.15, 0.2) is 60.0 Å². The normalized spacial score (nSPS) is 11.5. The van der Waals surface area contributed by atoms with E-state index in [2.05, 4.69) is 20.6 Å². The number of anilines is 1. The Morgan fingerprint density at radius 2 is 1.81 bits per heavy atom. The van der Waals surface area contributed by atoms with Gasteiger partial charge < -0.3 is 10.6 Å². The van der Waals surface area contributed by atoms with Crippen LogP contribution >= 0.6 is 11.3 Å². The molecular formula is C23H19F3N4OS. The van der Waals surface area contributed by atoms with Gasteiger partial charge in [0.2, 0.25) is 5.82 Å². The van der Waals surface area contributed by atoms with E-state index in [-0.39, 0.29) is 29.1 Å². The zero-order chi connectivity index (χ0) is 22.7. The second-order valence-corrected chi connectivity index (χ2v) is 8.00. The zero-order valence-electron chi connectivity index (χ0n) is 17.0. The maximum absolute atomic E-state index is 14.0. The van der Waals surface area contributed by atoms with Gasteiger partial charge in [0.15, 0.2) is 0 Å². The molecule has 4 rings (SSSR count). The van der Waals surface area contributed by atoms with Crippen LogP contribution in [0.3, 0.4) is 0 Å². The van der Waals surface area contributed by atoms with Gasteiger partial charge in [-0.05, 0) is 41.6 Å². The maximum atomic E-state index is 14.0. The molecule has 164 valence electrons. The molecule has 4 aromatic rings. The molecule has 2 heterocycles. The van der Waals surface area contributed by atoms with Crippen LogP contribution in [0.2, 0.25) is 0 Å². The Kier molecular flexibility index (Phi) is 6.09. The van der Waals surface area contributed by atoms with E-state index in [1.807, 2.05) is 17.5 Å². The number of hydrogen-bond acceptors (Lipinski definition) is 5. The third-order valence-corrected chi connectivity index (χ3v) is 5.64. The van der Waals surface area contributed by atoms with E-state index in [0.717, 1.165) is 10.9 Å². The largest absolute Gasteiger partial charge is 0.418 e. The van der Waals surface area contributed by atoms with Gasteiger partial charge in [-0.3, -0.25) is 4.79 Å². The van der Waals surface area contributed by atoms with Gasteiger partial charge in [-0.2, -0.15) is 13.2 Å². The third-order valence-electron chi connectivity index (χ3n) is 4.76. The van der Waals surface area contributed by atoms with Crippen LogP contribution in [-0.4, -0.2) is 22.4 Å². The molecular weight excluding hydrogens is 437 g/mol. The number of carbonyl (C=O) groups excluding carboxylic acids is 1. The number of carbonyl (C=O) groups is 1. The molecule has 0 radical (unpaired) electrons. The number of fused-ring (bicyclic) bond motifs is 1. The van der Waals surface area contributed by atoms with E-state index in [0.29, 0.717) is 17.7 Å². The predicted molar refractivity (Wildman–Crippen MR) is 120 cm³/mol. The molecule has 5 nitrogen and oxygen atoms in total. The zero-order valence-corrected chi connectivity index (χ0v) is 17.8. The van der Waals surface area contributed by atoms with Crippen molar-refractivity contribution in [2.45, 2.75) is 19.6 Å². The maximum Gasteiger partial charge on any atom is 0.418 e. The summed E-state index contributed by atoms with van der Waals surface area (Å²) in [6, 6.07) is 15.2.